The molecule has 0 spiro atoms. The molecule has 1 aliphatic heterocycles. The van der Waals surface area contributed by atoms with E-state index in [0.29, 0.717) is 29.2 Å². The number of nitrogens with one attached hydrogen (secondary N) is 1. The highest BCUT2D eigenvalue weighted by atomic mass is 35.5. The van der Waals surface area contributed by atoms with Crippen molar-refractivity contribution in [2.75, 3.05) is 7.11 Å². The maximum Gasteiger partial charge on any atom is 0.307 e. The van der Waals surface area contributed by atoms with Gasteiger partial charge in [0.25, 0.3) is 0 Å². The minimum Gasteiger partial charge on any atom is -0.496 e. The van der Waals surface area contributed by atoms with Crippen LogP contribution in [0.1, 0.15) is 55.6 Å². The van der Waals surface area contributed by atoms with E-state index in [4.69, 9.17) is 21.1 Å². The van der Waals surface area contributed by atoms with Crippen molar-refractivity contribution < 1.29 is 24.2 Å². The number of methoxy groups -OCH3 is 1. The molecule has 7 heteroatoms. The summed E-state index contributed by atoms with van der Waals surface area (Å²) in [6.07, 6.45) is 0.317. The fourth-order valence-corrected chi connectivity index (χ4v) is 4.33. The third-order valence-electron chi connectivity index (χ3n) is 5.29. The highest BCUT2D eigenvalue weighted by Crippen LogP contribution is 2.46. The maximum absolute atomic E-state index is 11.9. The molecule has 1 heterocycles. The van der Waals surface area contributed by atoms with Crippen molar-refractivity contribution in [2.24, 2.45) is 0 Å². The molecule has 0 radical (unpaired) electrons. The van der Waals surface area contributed by atoms with E-state index in [1.54, 1.807) is 25.3 Å². The van der Waals surface area contributed by atoms with Crippen LogP contribution in [0, 0.1) is 0 Å². The number of hydrogen-bond donors (Lipinski definition) is 2. The van der Waals surface area contributed by atoms with Crippen LogP contribution in [0.3, 0.4) is 0 Å². The number of carboxylic acids is 1. The fourth-order valence-electron chi connectivity index (χ4n) is 4.13. The van der Waals surface area contributed by atoms with Crippen molar-refractivity contribution in [3.05, 3.63) is 64.2 Å². The molecular formula is C23H26ClNO5. The zero-order chi connectivity index (χ0) is 21.9. The van der Waals surface area contributed by atoms with Gasteiger partial charge in [-0.15, -0.1) is 0 Å². The van der Waals surface area contributed by atoms with Gasteiger partial charge in [-0.05, 0) is 42.3 Å². The molecule has 3 rings (SSSR count). The third-order valence-corrected chi connectivity index (χ3v) is 5.53. The summed E-state index contributed by atoms with van der Waals surface area (Å²) in [5, 5.41) is 12.9. The molecule has 0 bridgehead atoms. The molecule has 0 aromatic heterocycles. The molecule has 2 N–H and O–H groups in total. The van der Waals surface area contributed by atoms with Crippen LogP contribution in [0.15, 0.2) is 42.5 Å². The second-order valence-electron chi connectivity index (χ2n) is 7.97. The van der Waals surface area contributed by atoms with Crippen LogP contribution in [0.2, 0.25) is 5.02 Å². The lowest BCUT2D eigenvalue weighted by atomic mass is 9.81. The first-order chi connectivity index (χ1) is 14.2. The van der Waals surface area contributed by atoms with E-state index >= 15 is 0 Å². The number of benzene rings is 2. The quantitative estimate of drug-likeness (QED) is 0.705. The summed E-state index contributed by atoms with van der Waals surface area (Å²) in [4.78, 5) is 23.1. The number of carbonyl (C=O) groups excluding carboxylic acids is 1. The summed E-state index contributed by atoms with van der Waals surface area (Å²) in [7, 11) is 1.57. The molecule has 0 aliphatic carbocycles. The molecule has 3 atom stereocenters. The van der Waals surface area contributed by atoms with Gasteiger partial charge in [0, 0.05) is 35.9 Å². The van der Waals surface area contributed by atoms with Crippen molar-refractivity contribution in [1.82, 2.24) is 5.32 Å². The molecule has 1 fully saturated rings. The van der Waals surface area contributed by atoms with Crippen LogP contribution in [0.4, 0.5) is 0 Å². The van der Waals surface area contributed by atoms with Crippen LogP contribution < -0.4 is 10.1 Å². The lowest BCUT2D eigenvalue weighted by Gasteiger charge is -2.43. The van der Waals surface area contributed by atoms with Crippen molar-refractivity contribution in [2.45, 2.75) is 50.9 Å². The topological polar surface area (TPSA) is 84.9 Å². The van der Waals surface area contributed by atoms with Crippen molar-refractivity contribution >= 4 is 23.5 Å². The molecule has 1 aliphatic rings. The van der Waals surface area contributed by atoms with Gasteiger partial charge in [-0.25, -0.2) is 0 Å². The number of carboxylic acid groups (broad SMARTS) is 1. The molecule has 1 saturated heterocycles. The lowest BCUT2D eigenvalue weighted by molar-refractivity contribution is -0.136. The summed E-state index contributed by atoms with van der Waals surface area (Å²) >= 11 is 6.19. The summed E-state index contributed by atoms with van der Waals surface area (Å²) in [5.41, 5.74) is 1.83. The minimum atomic E-state index is -0.907. The Hall–Kier alpha value is -2.57. The largest absolute Gasteiger partial charge is 0.496 e. The number of aliphatic carboxylic acids is 1. The highest BCUT2D eigenvalue weighted by molar-refractivity contribution is 6.30. The number of amides is 1. The number of halogens is 1. The molecule has 30 heavy (non-hydrogen) atoms. The number of ether oxygens (including phenoxy) is 2. The van der Waals surface area contributed by atoms with E-state index in [1.807, 2.05) is 31.2 Å². The van der Waals surface area contributed by atoms with Gasteiger partial charge in [0.05, 0.1) is 25.7 Å². The zero-order valence-corrected chi connectivity index (χ0v) is 18.0. The Morgan fingerprint density at radius 2 is 1.97 bits per heavy atom. The van der Waals surface area contributed by atoms with Gasteiger partial charge in [-0.1, -0.05) is 29.8 Å². The minimum absolute atomic E-state index is 0.0929. The van der Waals surface area contributed by atoms with Crippen molar-refractivity contribution in [1.29, 1.82) is 0 Å². The first-order valence-corrected chi connectivity index (χ1v) is 10.2. The average molecular weight is 432 g/mol. The lowest BCUT2D eigenvalue weighted by Crippen LogP contribution is -2.50. The van der Waals surface area contributed by atoms with E-state index in [-0.39, 0.29) is 18.4 Å². The average Bonchev–Trinajstić information content (AvgIpc) is 2.66. The maximum atomic E-state index is 11.9. The Balaban J connectivity index is 2.02. The monoisotopic (exact) mass is 431 g/mol. The van der Waals surface area contributed by atoms with Gasteiger partial charge in [0.15, 0.2) is 0 Å². The summed E-state index contributed by atoms with van der Waals surface area (Å²) in [6, 6.07) is 12.8. The summed E-state index contributed by atoms with van der Waals surface area (Å²) in [5.74, 6) is -0.406. The standard InChI is InChI=1S/C23H26ClNO5/c1-14(26)25-23(2)12-20(16-5-4-6-17(24)11-16)30-21(13-23)18-9-15(10-22(27)28)7-8-19(18)29-3/h4-9,11,20-21H,10,12-13H2,1-3H3,(H,25,26)(H,27,28)/t20-,21+,23-/m0/s1. The molecule has 6 nitrogen and oxygen atoms in total. The SMILES string of the molecule is COc1ccc(CC(=O)O)cc1[C@H]1C[C@@](C)(NC(C)=O)C[C@@H](c2cccc(Cl)c2)O1. The molecule has 0 saturated carbocycles. The van der Waals surface area contributed by atoms with E-state index in [0.717, 1.165) is 11.1 Å². The molecule has 1 amide bonds. The van der Waals surface area contributed by atoms with Crippen molar-refractivity contribution in [3.8, 4) is 5.75 Å². The van der Waals surface area contributed by atoms with Crippen LogP contribution in [0.5, 0.6) is 5.75 Å². The van der Waals surface area contributed by atoms with Gasteiger partial charge in [-0.2, -0.15) is 0 Å². The van der Waals surface area contributed by atoms with E-state index in [1.165, 1.54) is 6.92 Å². The zero-order valence-electron chi connectivity index (χ0n) is 17.3. The van der Waals surface area contributed by atoms with Gasteiger partial charge >= 0.3 is 5.97 Å². The van der Waals surface area contributed by atoms with Gasteiger partial charge in [0.1, 0.15) is 5.75 Å². The molecule has 2 aromatic carbocycles. The summed E-state index contributed by atoms with van der Waals surface area (Å²) in [6.45, 7) is 3.49. The van der Waals surface area contributed by atoms with Gasteiger partial charge < -0.3 is 19.9 Å². The third kappa shape index (κ3) is 5.32. The second-order valence-corrected chi connectivity index (χ2v) is 8.40. The number of hydrogen-bond acceptors (Lipinski definition) is 4. The van der Waals surface area contributed by atoms with Crippen molar-refractivity contribution in [3.63, 3.8) is 0 Å². The Morgan fingerprint density at radius 1 is 1.23 bits per heavy atom. The smallest absolute Gasteiger partial charge is 0.307 e. The highest BCUT2D eigenvalue weighted by Gasteiger charge is 2.40. The predicted molar refractivity (Wildman–Crippen MR) is 114 cm³/mol. The predicted octanol–water partition coefficient (Wildman–Crippen LogP) is 4.46. The molecular weight excluding hydrogens is 406 g/mol. The number of rotatable bonds is 6. The second kappa shape index (κ2) is 9.06. The molecule has 160 valence electrons. The first-order valence-electron chi connectivity index (χ1n) is 9.77. The Labute approximate surface area is 181 Å². The van der Waals surface area contributed by atoms with E-state index < -0.39 is 17.6 Å². The van der Waals surface area contributed by atoms with Crippen LogP contribution in [-0.2, 0) is 20.7 Å². The van der Waals surface area contributed by atoms with Crippen LogP contribution >= 0.6 is 11.6 Å². The normalized spacial score (nSPS) is 23.6. The number of carbonyl (C=O) groups is 2. The molecule has 0 unspecified atom stereocenters. The van der Waals surface area contributed by atoms with Crippen LogP contribution in [-0.4, -0.2) is 29.6 Å². The van der Waals surface area contributed by atoms with Gasteiger partial charge in [0.2, 0.25) is 5.91 Å². The fraction of sp³-hybridized carbons (Fsp3) is 0.391. The molecule has 2 aromatic rings. The van der Waals surface area contributed by atoms with Crippen LogP contribution in [0.25, 0.3) is 0 Å². The van der Waals surface area contributed by atoms with E-state index in [2.05, 4.69) is 5.32 Å². The summed E-state index contributed by atoms with van der Waals surface area (Å²) < 4.78 is 12.0. The Morgan fingerprint density at radius 3 is 2.60 bits per heavy atom. The Kier molecular flexibility index (Phi) is 6.68. The Bertz CT molecular complexity index is 947. The van der Waals surface area contributed by atoms with Gasteiger partial charge in [-0.3, -0.25) is 9.59 Å². The van der Waals surface area contributed by atoms with E-state index in [9.17, 15) is 14.7 Å². The first kappa shape index (κ1) is 22.1.